The van der Waals surface area contributed by atoms with E-state index in [1.807, 2.05) is 67.7 Å². The summed E-state index contributed by atoms with van der Waals surface area (Å²) in [5, 5.41) is 2.81. The fourth-order valence-corrected chi connectivity index (χ4v) is 3.54. The normalized spacial score (nSPS) is 19.5. The summed E-state index contributed by atoms with van der Waals surface area (Å²) in [5.41, 5.74) is 6.06. The average Bonchev–Trinajstić information content (AvgIpc) is 3.05. The molecule has 0 aromatic heterocycles. The first-order valence-corrected chi connectivity index (χ1v) is 9.63. The molecule has 2 atom stereocenters. The van der Waals surface area contributed by atoms with Crippen LogP contribution < -0.4 is 10.7 Å². The molecule has 6 heteroatoms. The summed E-state index contributed by atoms with van der Waals surface area (Å²) in [4.78, 5) is 25.5. The topological polar surface area (TPSA) is 61.2 Å². The minimum atomic E-state index is -0.815. The van der Waals surface area contributed by atoms with Crippen LogP contribution >= 0.6 is 0 Å². The summed E-state index contributed by atoms with van der Waals surface area (Å²) in [5.74, 6) is -1.18. The third kappa shape index (κ3) is 3.98. The van der Waals surface area contributed by atoms with E-state index in [4.69, 9.17) is 0 Å². The number of nitrogens with one attached hydrogen (secondary N) is 2. The Morgan fingerprint density at radius 1 is 1.00 bits per heavy atom. The number of benzene rings is 3. The van der Waals surface area contributed by atoms with Crippen LogP contribution in [0.2, 0.25) is 0 Å². The third-order valence-electron chi connectivity index (χ3n) is 5.14. The summed E-state index contributed by atoms with van der Waals surface area (Å²) in [6.45, 7) is 2.00. The number of aryl methyl sites for hydroxylation is 1. The van der Waals surface area contributed by atoms with Gasteiger partial charge in [-0.2, -0.15) is 0 Å². The third-order valence-corrected chi connectivity index (χ3v) is 5.14. The molecule has 1 aliphatic rings. The number of rotatable bonds is 4. The number of nitrogens with zero attached hydrogens (tertiary/aromatic N) is 1. The van der Waals surface area contributed by atoms with E-state index < -0.39 is 23.8 Å². The molecule has 3 aromatic carbocycles. The number of carbonyl (C=O) groups is 2. The van der Waals surface area contributed by atoms with Crippen molar-refractivity contribution in [1.82, 2.24) is 10.7 Å². The predicted octanol–water partition coefficient (Wildman–Crippen LogP) is 3.15. The van der Waals surface area contributed by atoms with Crippen LogP contribution in [0.25, 0.3) is 0 Å². The van der Waals surface area contributed by atoms with Gasteiger partial charge in [-0.15, -0.1) is 10.1 Å². The van der Waals surface area contributed by atoms with E-state index in [9.17, 15) is 14.0 Å². The van der Waals surface area contributed by atoms with E-state index in [-0.39, 0.29) is 11.5 Å². The molecule has 0 bridgehead atoms. The van der Waals surface area contributed by atoms with Gasteiger partial charge in [-0.3, -0.25) is 9.59 Å². The second kappa shape index (κ2) is 8.29. The second-order valence-electron chi connectivity index (χ2n) is 7.18. The number of halogens is 1. The molecule has 30 heavy (non-hydrogen) atoms. The molecule has 1 fully saturated rings. The van der Waals surface area contributed by atoms with Crippen LogP contribution in [0.3, 0.4) is 0 Å². The Hall–Kier alpha value is -3.80. The molecule has 2 amide bonds. The highest BCUT2D eigenvalue weighted by atomic mass is 19.1. The number of hydrogen-bond donors (Lipinski definition) is 2. The lowest BCUT2D eigenvalue weighted by Crippen LogP contribution is -2.42. The molecular weight excluding hydrogens is 381 g/mol. The van der Waals surface area contributed by atoms with Crippen LogP contribution in [0.15, 0.2) is 78.9 Å². The van der Waals surface area contributed by atoms with Crippen molar-refractivity contribution in [2.24, 2.45) is 0 Å². The molecule has 1 heterocycles. The average molecular weight is 402 g/mol. The van der Waals surface area contributed by atoms with Crippen molar-refractivity contribution >= 4 is 18.0 Å². The Bertz CT molecular complexity index is 1110. The van der Waals surface area contributed by atoms with Gasteiger partial charge in [0.2, 0.25) is 12.3 Å². The Morgan fingerprint density at radius 2 is 1.67 bits per heavy atom. The van der Waals surface area contributed by atoms with Crippen molar-refractivity contribution < 1.29 is 18.7 Å². The van der Waals surface area contributed by atoms with Gasteiger partial charge in [0.25, 0.3) is 5.91 Å². The molecule has 0 aliphatic carbocycles. The summed E-state index contributed by atoms with van der Waals surface area (Å²) >= 11 is 0. The Balaban J connectivity index is 1.70. The van der Waals surface area contributed by atoms with Crippen LogP contribution in [0.5, 0.6) is 0 Å². The Kier molecular flexibility index (Phi) is 5.39. The van der Waals surface area contributed by atoms with Crippen LogP contribution in [0.4, 0.5) is 4.39 Å². The van der Waals surface area contributed by atoms with Gasteiger partial charge in [-0.1, -0.05) is 48.5 Å². The monoisotopic (exact) mass is 402 g/mol. The first-order valence-electron chi connectivity index (χ1n) is 9.63. The van der Waals surface area contributed by atoms with Crippen molar-refractivity contribution in [3.05, 3.63) is 107 Å². The lowest BCUT2D eigenvalue weighted by Gasteiger charge is -2.14. The molecular formula is C24H21FN3O2+. The highest BCUT2D eigenvalue weighted by Gasteiger charge is 2.47. The van der Waals surface area contributed by atoms with E-state index in [2.05, 4.69) is 10.7 Å². The van der Waals surface area contributed by atoms with Crippen LogP contribution in [0, 0.1) is 12.7 Å². The van der Waals surface area contributed by atoms with Gasteiger partial charge in [-0.25, -0.2) is 4.39 Å². The number of hydrazone groups is 1. The van der Waals surface area contributed by atoms with Gasteiger partial charge in [0.05, 0.1) is 0 Å². The number of hydrogen-bond acceptors (Lipinski definition) is 2. The summed E-state index contributed by atoms with van der Waals surface area (Å²) in [6, 6.07) is 21.3. The molecule has 0 radical (unpaired) electrons. The molecule has 5 nitrogen and oxygen atoms in total. The largest absolute Gasteiger partial charge is 0.334 e. The number of amides is 2. The molecule has 0 spiro atoms. The molecule has 0 saturated carbocycles. The lowest BCUT2D eigenvalue weighted by molar-refractivity contribution is -0.596. The molecule has 1 aliphatic heterocycles. The fourth-order valence-electron chi connectivity index (χ4n) is 3.54. The van der Waals surface area contributed by atoms with Gasteiger partial charge in [0, 0.05) is 16.7 Å². The van der Waals surface area contributed by atoms with E-state index in [0.29, 0.717) is 0 Å². The van der Waals surface area contributed by atoms with E-state index in [1.165, 1.54) is 24.3 Å². The first kappa shape index (κ1) is 19.5. The Morgan fingerprint density at radius 3 is 2.37 bits per heavy atom. The smallest absolute Gasteiger partial charge is 0.304 e. The minimum absolute atomic E-state index is 0.289. The van der Waals surface area contributed by atoms with E-state index in [1.54, 1.807) is 4.68 Å². The van der Waals surface area contributed by atoms with Crippen molar-refractivity contribution in [2.75, 3.05) is 0 Å². The van der Waals surface area contributed by atoms with Gasteiger partial charge in [-0.05, 0) is 42.8 Å². The van der Waals surface area contributed by atoms with Gasteiger partial charge < -0.3 is 5.32 Å². The lowest BCUT2D eigenvalue weighted by atomic mass is 9.99. The van der Waals surface area contributed by atoms with E-state index >= 15 is 0 Å². The standard InChI is InChI=1S/C24H20FN3O2/c1-16-7-5-6-10-19(16)15-28-22(17-8-3-2-4-9-17)21(24(30)27-28)26-23(29)18-11-13-20(25)14-12-18/h2-15,21-22H,1H3,(H-,26,27,29,30)/p+1/b28-15-/t21-,22+/m1/s1. The molecule has 1 saturated heterocycles. The van der Waals surface area contributed by atoms with Crippen molar-refractivity contribution in [1.29, 1.82) is 0 Å². The maximum absolute atomic E-state index is 13.2. The molecule has 3 aromatic rings. The quantitative estimate of drug-likeness (QED) is 0.659. The highest BCUT2D eigenvalue weighted by molar-refractivity contribution is 5.98. The minimum Gasteiger partial charge on any atom is -0.334 e. The van der Waals surface area contributed by atoms with Gasteiger partial charge in [0.1, 0.15) is 5.82 Å². The summed E-state index contributed by atoms with van der Waals surface area (Å²) in [7, 11) is 0. The molecule has 2 N–H and O–H groups in total. The maximum Gasteiger partial charge on any atom is 0.304 e. The van der Waals surface area contributed by atoms with Crippen molar-refractivity contribution in [3.63, 3.8) is 0 Å². The number of carbonyl (C=O) groups excluding carboxylic acids is 2. The molecule has 4 rings (SSSR count). The van der Waals surface area contributed by atoms with Crippen LogP contribution in [-0.2, 0) is 4.79 Å². The second-order valence-corrected chi connectivity index (χ2v) is 7.18. The predicted molar refractivity (Wildman–Crippen MR) is 112 cm³/mol. The SMILES string of the molecule is Cc1ccccc1/C=[N+]1\NC(=O)[C@H](NC(=O)c2ccc(F)cc2)[C@@H]1c1ccccc1. The summed E-state index contributed by atoms with van der Waals surface area (Å²) < 4.78 is 14.9. The zero-order chi connectivity index (χ0) is 21.1. The summed E-state index contributed by atoms with van der Waals surface area (Å²) in [6.07, 6.45) is 1.87. The maximum atomic E-state index is 13.2. The van der Waals surface area contributed by atoms with Gasteiger partial charge >= 0.3 is 5.91 Å². The molecule has 150 valence electrons. The van der Waals surface area contributed by atoms with Crippen LogP contribution in [0.1, 0.15) is 33.1 Å². The first-order chi connectivity index (χ1) is 14.5. The van der Waals surface area contributed by atoms with Crippen LogP contribution in [-0.4, -0.2) is 28.8 Å². The number of hydrazine groups is 1. The zero-order valence-corrected chi connectivity index (χ0v) is 16.4. The Labute approximate surface area is 173 Å². The van der Waals surface area contributed by atoms with Crippen molar-refractivity contribution in [3.8, 4) is 0 Å². The highest BCUT2D eigenvalue weighted by Crippen LogP contribution is 2.25. The van der Waals surface area contributed by atoms with E-state index in [0.717, 1.165) is 16.7 Å². The fraction of sp³-hybridized carbons (Fsp3) is 0.125. The van der Waals surface area contributed by atoms with Crippen molar-refractivity contribution in [2.45, 2.75) is 19.0 Å². The zero-order valence-electron chi connectivity index (χ0n) is 16.4. The molecule has 0 unspecified atom stereocenters. The van der Waals surface area contributed by atoms with Gasteiger partial charge in [0.15, 0.2) is 6.04 Å².